The van der Waals surface area contributed by atoms with Crippen LogP contribution in [0.2, 0.25) is 0 Å². The van der Waals surface area contributed by atoms with Gasteiger partial charge >= 0.3 is 0 Å². The third-order valence-corrected chi connectivity index (χ3v) is 3.97. The lowest BCUT2D eigenvalue weighted by atomic mass is 10.2. The van der Waals surface area contributed by atoms with Gasteiger partial charge in [-0.15, -0.1) is 0 Å². The molecule has 0 saturated heterocycles. The van der Waals surface area contributed by atoms with Gasteiger partial charge in [0, 0.05) is 28.8 Å². The van der Waals surface area contributed by atoms with Gasteiger partial charge in [0.05, 0.1) is 11.4 Å². The predicted octanol–water partition coefficient (Wildman–Crippen LogP) is 4.13. The largest absolute Gasteiger partial charge is 0.397 e. The Balaban J connectivity index is 2.17. The van der Waals surface area contributed by atoms with E-state index < -0.39 is 0 Å². The van der Waals surface area contributed by atoms with Crippen molar-refractivity contribution in [1.82, 2.24) is 0 Å². The Morgan fingerprint density at radius 1 is 1.18 bits per heavy atom. The van der Waals surface area contributed by atoms with E-state index in [1.54, 1.807) is 18.2 Å². The van der Waals surface area contributed by atoms with E-state index in [4.69, 9.17) is 5.73 Å². The number of amides is 1. The van der Waals surface area contributed by atoms with Gasteiger partial charge in [-0.25, -0.2) is 0 Å². The summed E-state index contributed by atoms with van der Waals surface area (Å²) >= 11 is 3.36. The van der Waals surface area contributed by atoms with E-state index in [1.165, 1.54) is 0 Å². The number of anilines is 3. The molecule has 2 aromatic rings. The average Bonchev–Trinajstić information content (AvgIpc) is 2.50. The van der Waals surface area contributed by atoms with Crippen molar-refractivity contribution in [2.24, 2.45) is 0 Å². The number of hydrogen-bond acceptors (Lipinski definition) is 3. The highest BCUT2D eigenvalue weighted by atomic mass is 79.9. The normalized spacial score (nSPS) is 10.3. The summed E-state index contributed by atoms with van der Waals surface area (Å²) in [5.74, 6) is -0.156. The number of nitrogens with zero attached hydrogens (tertiary/aromatic N) is 1. The summed E-state index contributed by atoms with van der Waals surface area (Å²) in [7, 11) is 0. The third-order valence-electron chi connectivity index (χ3n) is 3.48. The molecule has 5 heteroatoms. The number of nitrogen functional groups attached to an aromatic ring is 1. The lowest BCUT2D eigenvalue weighted by Gasteiger charge is -2.23. The molecule has 0 fully saturated rings. The molecule has 0 aliphatic rings. The molecule has 0 atom stereocenters. The molecule has 3 N–H and O–H groups in total. The molecule has 1 amide bonds. The zero-order valence-electron chi connectivity index (χ0n) is 12.8. The molecule has 0 spiro atoms. The Hall–Kier alpha value is -2.01. The standard InChI is InChI=1S/C17H20BrN3O/c1-3-21(4-2)16-9-8-14(11-15(16)19)20-17(22)12-6-5-7-13(18)10-12/h5-11H,3-4,19H2,1-2H3,(H,20,22). The predicted molar refractivity (Wildman–Crippen MR) is 96.5 cm³/mol. The Labute approximate surface area is 139 Å². The molecule has 2 aromatic carbocycles. The molecule has 22 heavy (non-hydrogen) atoms. The van der Waals surface area contributed by atoms with E-state index in [2.05, 4.69) is 40.0 Å². The summed E-state index contributed by atoms with van der Waals surface area (Å²) in [5, 5.41) is 2.87. The number of benzene rings is 2. The van der Waals surface area contributed by atoms with Crippen LogP contribution in [-0.2, 0) is 0 Å². The maximum atomic E-state index is 12.2. The van der Waals surface area contributed by atoms with E-state index >= 15 is 0 Å². The van der Waals surface area contributed by atoms with Crippen LogP contribution < -0.4 is 16.0 Å². The maximum absolute atomic E-state index is 12.2. The number of carbonyl (C=O) groups excluding carboxylic acids is 1. The third kappa shape index (κ3) is 3.80. The minimum Gasteiger partial charge on any atom is -0.397 e. The van der Waals surface area contributed by atoms with Gasteiger partial charge in [-0.1, -0.05) is 22.0 Å². The fourth-order valence-electron chi connectivity index (χ4n) is 2.32. The van der Waals surface area contributed by atoms with Crippen LogP contribution in [0.5, 0.6) is 0 Å². The SMILES string of the molecule is CCN(CC)c1ccc(NC(=O)c2cccc(Br)c2)cc1N. The van der Waals surface area contributed by atoms with Crippen molar-refractivity contribution in [2.75, 3.05) is 29.0 Å². The molecule has 0 aliphatic carbocycles. The number of halogens is 1. The number of rotatable bonds is 5. The second-order valence-electron chi connectivity index (χ2n) is 4.91. The molecular formula is C17H20BrN3O. The minimum atomic E-state index is -0.156. The molecule has 116 valence electrons. The zero-order chi connectivity index (χ0) is 16.1. The van der Waals surface area contributed by atoms with Gasteiger partial charge in [-0.2, -0.15) is 0 Å². The van der Waals surface area contributed by atoms with Gasteiger partial charge in [0.15, 0.2) is 0 Å². The van der Waals surface area contributed by atoms with Gasteiger partial charge in [-0.05, 0) is 50.2 Å². The summed E-state index contributed by atoms with van der Waals surface area (Å²) < 4.78 is 0.872. The first-order valence-corrected chi connectivity index (χ1v) is 8.05. The van der Waals surface area contributed by atoms with Crippen LogP contribution in [0.4, 0.5) is 17.1 Å². The fraction of sp³-hybridized carbons (Fsp3) is 0.235. The Kier molecular flexibility index (Phi) is 5.44. The van der Waals surface area contributed by atoms with Crippen molar-refractivity contribution in [3.63, 3.8) is 0 Å². The van der Waals surface area contributed by atoms with Crippen molar-refractivity contribution >= 4 is 38.9 Å². The first kappa shape index (κ1) is 16.4. The van der Waals surface area contributed by atoms with Gasteiger partial charge in [-0.3, -0.25) is 4.79 Å². The Bertz CT molecular complexity index is 669. The summed E-state index contributed by atoms with van der Waals surface area (Å²) in [5.41, 5.74) is 9.06. The molecule has 0 aromatic heterocycles. The Morgan fingerprint density at radius 3 is 2.50 bits per heavy atom. The smallest absolute Gasteiger partial charge is 0.255 e. The molecule has 2 rings (SSSR count). The molecule has 0 radical (unpaired) electrons. The van der Waals surface area contributed by atoms with Gasteiger partial charge in [0.2, 0.25) is 0 Å². The van der Waals surface area contributed by atoms with Crippen LogP contribution in [0.25, 0.3) is 0 Å². The maximum Gasteiger partial charge on any atom is 0.255 e. The van der Waals surface area contributed by atoms with E-state index in [9.17, 15) is 4.79 Å². The summed E-state index contributed by atoms with van der Waals surface area (Å²) in [6.07, 6.45) is 0. The quantitative estimate of drug-likeness (QED) is 0.787. The zero-order valence-corrected chi connectivity index (χ0v) is 14.4. The van der Waals surface area contributed by atoms with Crippen molar-refractivity contribution in [3.8, 4) is 0 Å². The van der Waals surface area contributed by atoms with Crippen LogP contribution in [0.15, 0.2) is 46.9 Å². The summed E-state index contributed by atoms with van der Waals surface area (Å²) in [6, 6.07) is 12.9. The molecule has 0 aliphatic heterocycles. The topological polar surface area (TPSA) is 58.4 Å². The highest BCUT2D eigenvalue weighted by molar-refractivity contribution is 9.10. The van der Waals surface area contributed by atoms with E-state index in [0.29, 0.717) is 16.9 Å². The van der Waals surface area contributed by atoms with Crippen molar-refractivity contribution in [2.45, 2.75) is 13.8 Å². The van der Waals surface area contributed by atoms with Crippen LogP contribution in [0.1, 0.15) is 24.2 Å². The molecular weight excluding hydrogens is 342 g/mol. The van der Waals surface area contributed by atoms with E-state index in [1.807, 2.05) is 24.3 Å². The van der Waals surface area contributed by atoms with Crippen molar-refractivity contribution in [1.29, 1.82) is 0 Å². The monoisotopic (exact) mass is 361 g/mol. The lowest BCUT2D eigenvalue weighted by molar-refractivity contribution is 0.102. The second-order valence-corrected chi connectivity index (χ2v) is 5.83. The number of hydrogen-bond donors (Lipinski definition) is 2. The first-order valence-electron chi connectivity index (χ1n) is 7.26. The first-order chi connectivity index (χ1) is 10.5. The highest BCUT2D eigenvalue weighted by Crippen LogP contribution is 2.26. The molecule has 0 heterocycles. The molecule has 0 unspecified atom stereocenters. The van der Waals surface area contributed by atoms with E-state index in [0.717, 1.165) is 23.2 Å². The summed E-state index contributed by atoms with van der Waals surface area (Å²) in [6.45, 7) is 5.96. The van der Waals surface area contributed by atoms with Crippen molar-refractivity contribution < 1.29 is 4.79 Å². The lowest BCUT2D eigenvalue weighted by Crippen LogP contribution is -2.23. The fourth-order valence-corrected chi connectivity index (χ4v) is 2.72. The van der Waals surface area contributed by atoms with Gasteiger partial charge < -0.3 is 16.0 Å². The van der Waals surface area contributed by atoms with Gasteiger partial charge in [0.1, 0.15) is 0 Å². The second kappa shape index (κ2) is 7.31. The minimum absolute atomic E-state index is 0.156. The van der Waals surface area contributed by atoms with Crippen LogP contribution >= 0.6 is 15.9 Å². The summed E-state index contributed by atoms with van der Waals surface area (Å²) in [4.78, 5) is 14.4. The van der Waals surface area contributed by atoms with Crippen LogP contribution in [0.3, 0.4) is 0 Å². The van der Waals surface area contributed by atoms with Crippen LogP contribution in [-0.4, -0.2) is 19.0 Å². The highest BCUT2D eigenvalue weighted by Gasteiger charge is 2.10. The number of nitrogens with two attached hydrogens (primary N) is 1. The van der Waals surface area contributed by atoms with Crippen molar-refractivity contribution in [3.05, 3.63) is 52.5 Å². The molecule has 4 nitrogen and oxygen atoms in total. The Morgan fingerprint density at radius 2 is 1.91 bits per heavy atom. The van der Waals surface area contributed by atoms with Gasteiger partial charge in [0.25, 0.3) is 5.91 Å². The molecule has 0 bridgehead atoms. The average molecular weight is 362 g/mol. The number of carbonyl (C=O) groups is 1. The number of nitrogens with one attached hydrogen (secondary N) is 1. The van der Waals surface area contributed by atoms with E-state index in [-0.39, 0.29) is 5.91 Å². The van der Waals surface area contributed by atoms with Crippen LogP contribution in [0, 0.1) is 0 Å². The molecule has 0 saturated carbocycles.